The third kappa shape index (κ3) is 7.28. The van der Waals surface area contributed by atoms with Crippen LogP contribution in [0.1, 0.15) is 46.5 Å². The molecule has 1 aliphatic rings. The van der Waals surface area contributed by atoms with Crippen LogP contribution >= 0.6 is 0 Å². The van der Waals surface area contributed by atoms with Crippen LogP contribution in [0, 0.1) is 0 Å². The molecule has 0 amide bonds. The summed E-state index contributed by atoms with van der Waals surface area (Å²) in [5.74, 6) is 0.682. The molecule has 1 aliphatic heterocycles. The van der Waals surface area contributed by atoms with Crippen LogP contribution < -0.4 is 5.32 Å². The van der Waals surface area contributed by atoms with Gasteiger partial charge in [0.15, 0.2) is 9.84 Å². The summed E-state index contributed by atoms with van der Waals surface area (Å²) in [5.41, 5.74) is 0. The van der Waals surface area contributed by atoms with Crippen molar-refractivity contribution in [2.75, 3.05) is 31.1 Å². The average molecular weight is 290 g/mol. The van der Waals surface area contributed by atoms with Crippen molar-refractivity contribution in [2.45, 2.75) is 58.5 Å². The number of sulfone groups is 1. The van der Waals surface area contributed by atoms with Gasteiger partial charge in [0.2, 0.25) is 0 Å². The Morgan fingerprint density at radius 1 is 1.21 bits per heavy atom. The third-order valence-corrected chi connectivity index (χ3v) is 5.53. The van der Waals surface area contributed by atoms with Crippen molar-refractivity contribution in [2.24, 2.45) is 0 Å². The van der Waals surface area contributed by atoms with E-state index < -0.39 is 9.84 Å². The molecule has 0 aromatic carbocycles. The molecule has 0 spiro atoms. The van der Waals surface area contributed by atoms with E-state index in [1.165, 1.54) is 25.7 Å². The minimum absolute atomic E-state index is 0.196. The average Bonchev–Trinajstić information content (AvgIpc) is 2.29. The van der Waals surface area contributed by atoms with Gasteiger partial charge in [-0.2, -0.15) is 0 Å². The van der Waals surface area contributed by atoms with Crippen LogP contribution in [-0.2, 0) is 9.84 Å². The first kappa shape index (κ1) is 16.9. The molecule has 5 heteroatoms. The minimum Gasteiger partial charge on any atom is -0.315 e. The monoisotopic (exact) mass is 290 g/mol. The fraction of sp³-hybridized carbons (Fsp3) is 1.00. The molecule has 1 atom stereocenters. The Labute approximate surface area is 118 Å². The first-order valence-electron chi connectivity index (χ1n) is 7.58. The number of nitrogens with one attached hydrogen (secondary N) is 1. The molecule has 1 fully saturated rings. The molecule has 0 bridgehead atoms. The lowest BCUT2D eigenvalue weighted by Crippen LogP contribution is -2.47. The maximum Gasteiger partial charge on any atom is 0.153 e. The number of unbranched alkanes of at least 4 members (excludes halogenated alkanes) is 3. The van der Waals surface area contributed by atoms with Gasteiger partial charge in [0.05, 0.1) is 11.5 Å². The Hall–Kier alpha value is -0.130. The first-order chi connectivity index (χ1) is 8.91. The Morgan fingerprint density at radius 2 is 1.89 bits per heavy atom. The molecule has 1 saturated heterocycles. The number of rotatable bonds is 8. The van der Waals surface area contributed by atoms with Crippen molar-refractivity contribution in [1.29, 1.82) is 0 Å². The van der Waals surface area contributed by atoms with Gasteiger partial charge in [0.25, 0.3) is 0 Å². The van der Waals surface area contributed by atoms with E-state index in [0.29, 0.717) is 17.5 Å². The topological polar surface area (TPSA) is 49.4 Å². The van der Waals surface area contributed by atoms with E-state index in [0.717, 1.165) is 19.6 Å². The highest BCUT2D eigenvalue weighted by Gasteiger charge is 2.27. The zero-order valence-electron chi connectivity index (χ0n) is 12.7. The van der Waals surface area contributed by atoms with Gasteiger partial charge in [-0.25, -0.2) is 8.42 Å². The predicted molar refractivity (Wildman–Crippen MR) is 81.3 cm³/mol. The van der Waals surface area contributed by atoms with Crippen LogP contribution in [0.2, 0.25) is 0 Å². The van der Waals surface area contributed by atoms with Gasteiger partial charge < -0.3 is 5.32 Å². The smallest absolute Gasteiger partial charge is 0.153 e. The molecular formula is C14H30N2O2S. The van der Waals surface area contributed by atoms with Crippen LogP contribution in [0.5, 0.6) is 0 Å². The zero-order valence-corrected chi connectivity index (χ0v) is 13.5. The molecule has 1 heterocycles. The van der Waals surface area contributed by atoms with E-state index in [1.807, 2.05) is 6.92 Å². The summed E-state index contributed by atoms with van der Waals surface area (Å²) in [4.78, 5) is 2.33. The molecule has 1 rings (SSSR count). The van der Waals surface area contributed by atoms with Crippen molar-refractivity contribution < 1.29 is 8.42 Å². The fourth-order valence-electron chi connectivity index (χ4n) is 2.55. The highest BCUT2D eigenvalue weighted by atomic mass is 32.2. The van der Waals surface area contributed by atoms with Crippen LogP contribution in [0.3, 0.4) is 0 Å². The quantitative estimate of drug-likeness (QED) is 0.691. The van der Waals surface area contributed by atoms with E-state index in [1.54, 1.807) is 0 Å². The second-order valence-electron chi connectivity index (χ2n) is 6.02. The van der Waals surface area contributed by atoms with Gasteiger partial charge in [0.1, 0.15) is 0 Å². The lowest BCUT2D eigenvalue weighted by molar-refractivity contribution is 0.221. The number of hydrogen-bond donors (Lipinski definition) is 1. The molecule has 0 aliphatic carbocycles. The minimum atomic E-state index is -2.77. The molecular weight excluding hydrogens is 260 g/mol. The lowest BCUT2D eigenvalue weighted by Gasteiger charge is -2.33. The van der Waals surface area contributed by atoms with Gasteiger partial charge in [-0.05, 0) is 32.9 Å². The van der Waals surface area contributed by atoms with Crippen molar-refractivity contribution in [3.05, 3.63) is 0 Å². The Kier molecular flexibility index (Phi) is 7.32. The van der Waals surface area contributed by atoms with E-state index >= 15 is 0 Å². The summed E-state index contributed by atoms with van der Waals surface area (Å²) >= 11 is 0. The first-order valence-corrected chi connectivity index (χ1v) is 9.41. The summed E-state index contributed by atoms with van der Waals surface area (Å²) in [6.45, 7) is 9.25. The predicted octanol–water partition coefficient (Wildman–Crippen LogP) is 1.66. The summed E-state index contributed by atoms with van der Waals surface area (Å²) in [6, 6.07) is 0.775. The summed E-state index contributed by atoms with van der Waals surface area (Å²) in [5, 5.41) is 3.42. The second-order valence-corrected chi connectivity index (χ2v) is 8.25. The number of nitrogens with zero attached hydrogens (tertiary/aromatic N) is 1. The third-order valence-electron chi connectivity index (χ3n) is 3.73. The van der Waals surface area contributed by atoms with E-state index in [2.05, 4.69) is 24.1 Å². The number of hydrogen-bond acceptors (Lipinski definition) is 4. The molecule has 19 heavy (non-hydrogen) atoms. The molecule has 0 aromatic rings. The van der Waals surface area contributed by atoms with E-state index in [4.69, 9.17) is 0 Å². The standard InChI is InChI=1S/C14H30N2O2S/c1-13(2)15-8-6-4-5-7-9-16-10-11-19(17,18)12-14(16)3/h13-15H,4-12H2,1-3H3. The molecule has 4 nitrogen and oxygen atoms in total. The highest BCUT2D eigenvalue weighted by molar-refractivity contribution is 7.91. The highest BCUT2D eigenvalue weighted by Crippen LogP contribution is 2.12. The molecule has 114 valence electrons. The molecule has 0 aromatic heterocycles. The Morgan fingerprint density at radius 3 is 2.53 bits per heavy atom. The van der Waals surface area contributed by atoms with Crippen molar-refractivity contribution in [3.63, 3.8) is 0 Å². The van der Waals surface area contributed by atoms with Crippen LogP contribution in [-0.4, -0.2) is 56.5 Å². The van der Waals surface area contributed by atoms with Gasteiger partial charge in [-0.3, -0.25) is 4.90 Å². The summed E-state index contributed by atoms with van der Waals surface area (Å²) in [6.07, 6.45) is 4.93. The van der Waals surface area contributed by atoms with Crippen LogP contribution in [0.4, 0.5) is 0 Å². The molecule has 0 radical (unpaired) electrons. The van der Waals surface area contributed by atoms with Crippen LogP contribution in [0.25, 0.3) is 0 Å². The Bertz CT molecular complexity index is 341. The maximum absolute atomic E-state index is 11.5. The van der Waals surface area contributed by atoms with Crippen LogP contribution in [0.15, 0.2) is 0 Å². The van der Waals surface area contributed by atoms with Crippen molar-refractivity contribution in [1.82, 2.24) is 10.2 Å². The van der Waals surface area contributed by atoms with Crippen molar-refractivity contribution >= 4 is 9.84 Å². The fourth-order valence-corrected chi connectivity index (χ4v) is 4.17. The van der Waals surface area contributed by atoms with Gasteiger partial charge >= 0.3 is 0 Å². The maximum atomic E-state index is 11.5. The summed E-state index contributed by atoms with van der Waals surface area (Å²) < 4.78 is 23.0. The molecule has 0 saturated carbocycles. The normalized spacial score (nSPS) is 23.9. The largest absolute Gasteiger partial charge is 0.315 e. The lowest BCUT2D eigenvalue weighted by atomic mass is 10.1. The van der Waals surface area contributed by atoms with Gasteiger partial charge in [0, 0.05) is 18.6 Å². The summed E-state index contributed by atoms with van der Waals surface area (Å²) in [7, 11) is -2.77. The molecule has 1 N–H and O–H groups in total. The zero-order chi connectivity index (χ0) is 14.3. The Balaban J connectivity index is 2.04. The van der Waals surface area contributed by atoms with Gasteiger partial charge in [-0.15, -0.1) is 0 Å². The van der Waals surface area contributed by atoms with E-state index in [-0.39, 0.29) is 6.04 Å². The SMILES string of the molecule is CC(C)NCCCCCCN1CCS(=O)(=O)CC1C. The molecule has 1 unspecified atom stereocenters. The van der Waals surface area contributed by atoms with Crippen molar-refractivity contribution in [3.8, 4) is 0 Å². The van der Waals surface area contributed by atoms with Gasteiger partial charge in [-0.1, -0.05) is 26.7 Å². The second kappa shape index (κ2) is 8.22. The van der Waals surface area contributed by atoms with E-state index in [9.17, 15) is 8.42 Å².